The Hall–Kier alpha value is -2.94. The predicted molar refractivity (Wildman–Crippen MR) is 86.0 cm³/mol. The van der Waals surface area contributed by atoms with Gasteiger partial charge in [-0.15, -0.1) is 0 Å². The Morgan fingerprint density at radius 3 is 2.28 bits per heavy atom. The lowest BCUT2D eigenvalue weighted by molar-refractivity contribution is -0.678. The number of hydrogen-bond donors (Lipinski definition) is 3. The first-order chi connectivity index (χ1) is 11.9. The van der Waals surface area contributed by atoms with Gasteiger partial charge in [-0.2, -0.15) is 0 Å². The van der Waals surface area contributed by atoms with E-state index in [1.54, 1.807) is 5.32 Å². The number of hydrogen-bond acceptors (Lipinski definition) is 6. The Kier molecular flexibility index (Phi) is 6.07. The molecule has 1 aromatic rings. The number of anilines is 1. The number of quaternary nitrogens is 1. The van der Waals surface area contributed by atoms with Gasteiger partial charge in [0.05, 0.1) is 44.9 Å². The number of amides is 2. The molecule has 25 heavy (non-hydrogen) atoms. The average molecular weight is 350 g/mol. The lowest BCUT2D eigenvalue weighted by Crippen LogP contribution is -2.96. The summed E-state index contributed by atoms with van der Waals surface area (Å²) in [5.74, 6) is -1.90. The number of nitrogens with two attached hydrogens (primary N) is 1. The highest BCUT2D eigenvalue weighted by Gasteiger charge is 2.28. The zero-order valence-corrected chi connectivity index (χ0v) is 14.0. The van der Waals surface area contributed by atoms with Crippen molar-refractivity contribution >= 4 is 29.4 Å². The van der Waals surface area contributed by atoms with Crippen LogP contribution in [-0.4, -0.2) is 57.1 Å². The zero-order valence-electron chi connectivity index (χ0n) is 14.0. The summed E-state index contributed by atoms with van der Waals surface area (Å²) in [5, 5.41) is 7.08. The normalized spacial score (nSPS) is 16.6. The van der Waals surface area contributed by atoms with Crippen LogP contribution in [0.25, 0.3) is 0 Å². The fourth-order valence-electron chi connectivity index (χ4n) is 2.48. The van der Waals surface area contributed by atoms with E-state index in [-0.39, 0.29) is 29.1 Å². The van der Waals surface area contributed by atoms with Crippen LogP contribution in [0.2, 0.25) is 0 Å². The van der Waals surface area contributed by atoms with Gasteiger partial charge in [0.15, 0.2) is 6.04 Å². The molecule has 9 heteroatoms. The predicted octanol–water partition coefficient (Wildman–Crippen LogP) is -1.35. The standard InChI is InChI=1S/C16H19N3O6/c1-24-15(22)9-5-10(16(23)25-2)7-11(6-9)19-13(20)8-12-14(21)18-4-3-17-12/h5-7,12,17H,3-4,8H2,1-2H3,(H,18,21)(H,19,20)/p+1/t12-/m0/s1. The smallest absolute Gasteiger partial charge is 0.337 e. The Morgan fingerprint density at radius 2 is 1.76 bits per heavy atom. The maximum absolute atomic E-state index is 12.2. The van der Waals surface area contributed by atoms with E-state index in [0.29, 0.717) is 13.1 Å². The summed E-state index contributed by atoms with van der Waals surface area (Å²) in [6.45, 7) is 1.27. The number of piperazine rings is 1. The highest BCUT2D eigenvalue weighted by Crippen LogP contribution is 2.17. The van der Waals surface area contributed by atoms with Crippen molar-refractivity contribution in [3.63, 3.8) is 0 Å². The van der Waals surface area contributed by atoms with Crippen molar-refractivity contribution in [3.05, 3.63) is 29.3 Å². The molecule has 1 heterocycles. The molecule has 0 spiro atoms. The lowest BCUT2D eigenvalue weighted by Gasteiger charge is -2.19. The molecule has 4 N–H and O–H groups in total. The maximum Gasteiger partial charge on any atom is 0.337 e. The molecule has 0 saturated carbocycles. The number of carbonyl (C=O) groups is 4. The third-order valence-corrected chi connectivity index (χ3v) is 3.70. The number of esters is 2. The van der Waals surface area contributed by atoms with Crippen molar-refractivity contribution in [3.8, 4) is 0 Å². The van der Waals surface area contributed by atoms with Crippen molar-refractivity contribution in [2.75, 3.05) is 32.6 Å². The molecular formula is C16H20N3O6+. The van der Waals surface area contributed by atoms with Crippen LogP contribution in [0, 0.1) is 0 Å². The summed E-state index contributed by atoms with van der Waals surface area (Å²) >= 11 is 0. The first kappa shape index (κ1) is 18.4. The van der Waals surface area contributed by atoms with Crippen LogP contribution in [0.5, 0.6) is 0 Å². The Bertz CT molecular complexity index is 669. The summed E-state index contributed by atoms with van der Waals surface area (Å²) in [5.41, 5.74) is 0.440. The molecular weight excluding hydrogens is 330 g/mol. The highest BCUT2D eigenvalue weighted by atomic mass is 16.5. The van der Waals surface area contributed by atoms with E-state index in [0.717, 1.165) is 0 Å². The largest absolute Gasteiger partial charge is 0.465 e. The van der Waals surface area contributed by atoms with Crippen LogP contribution >= 0.6 is 0 Å². The minimum atomic E-state index is -0.652. The molecule has 134 valence electrons. The van der Waals surface area contributed by atoms with Gasteiger partial charge >= 0.3 is 11.9 Å². The summed E-state index contributed by atoms with van der Waals surface area (Å²) < 4.78 is 9.28. The van der Waals surface area contributed by atoms with Gasteiger partial charge in [0, 0.05) is 5.69 Å². The van der Waals surface area contributed by atoms with Gasteiger partial charge < -0.3 is 25.4 Å². The fourth-order valence-corrected chi connectivity index (χ4v) is 2.48. The minimum absolute atomic E-state index is 0.0259. The number of benzene rings is 1. The summed E-state index contributed by atoms with van der Waals surface area (Å²) in [4.78, 5) is 47.3. The second-order valence-corrected chi connectivity index (χ2v) is 5.46. The van der Waals surface area contributed by atoms with Gasteiger partial charge in [0.2, 0.25) is 5.91 Å². The Balaban J connectivity index is 2.16. The van der Waals surface area contributed by atoms with E-state index in [4.69, 9.17) is 0 Å². The van der Waals surface area contributed by atoms with Crippen LogP contribution < -0.4 is 16.0 Å². The van der Waals surface area contributed by atoms with Crippen molar-refractivity contribution in [2.24, 2.45) is 0 Å². The van der Waals surface area contributed by atoms with E-state index in [2.05, 4.69) is 20.1 Å². The quantitative estimate of drug-likeness (QED) is 0.564. The van der Waals surface area contributed by atoms with Crippen molar-refractivity contribution in [1.29, 1.82) is 0 Å². The first-order valence-corrected chi connectivity index (χ1v) is 7.67. The third-order valence-electron chi connectivity index (χ3n) is 3.70. The second-order valence-electron chi connectivity index (χ2n) is 5.46. The maximum atomic E-state index is 12.2. The topological polar surface area (TPSA) is 127 Å². The van der Waals surface area contributed by atoms with Crippen molar-refractivity contribution in [1.82, 2.24) is 5.32 Å². The van der Waals surface area contributed by atoms with Gasteiger partial charge in [-0.25, -0.2) is 9.59 Å². The summed E-state index contributed by atoms with van der Waals surface area (Å²) in [6.07, 6.45) is -0.0259. The number of carbonyl (C=O) groups excluding carboxylic acids is 4. The molecule has 2 amide bonds. The molecule has 0 bridgehead atoms. The van der Waals surface area contributed by atoms with Gasteiger partial charge in [0.1, 0.15) is 0 Å². The third kappa shape index (κ3) is 4.77. The van der Waals surface area contributed by atoms with E-state index in [9.17, 15) is 19.2 Å². The fraction of sp³-hybridized carbons (Fsp3) is 0.375. The van der Waals surface area contributed by atoms with E-state index < -0.39 is 23.9 Å². The molecule has 9 nitrogen and oxygen atoms in total. The number of nitrogens with one attached hydrogen (secondary N) is 2. The van der Waals surface area contributed by atoms with E-state index in [1.807, 2.05) is 0 Å². The SMILES string of the molecule is COC(=O)c1cc(NC(=O)C[C@@H]2[NH2+]CCNC2=O)cc(C(=O)OC)c1. The Labute approximate surface area is 144 Å². The van der Waals surface area contributed by atoms with Crippen LogP contribution in [-0.2, 0) is 19.1 Å². The molecule has 1 aliphatic rings. The molecule has 0 aliphatic carbocycles. The van der Waals surface area contributed by atoms with Gasteiger partial charge in [-0.1, -0.05) is 0 Å². The molecule has 0 unspecified atom stereocenters. The molecule has 1 atom stereocenters. The van der Waals surface area contributed by atoms with Crippen LogP contribution in [0.4, 0.5) is 5.69 Å². The number of rotatable bonds is 5. The van der Waals surface area contributed by atoms with E-state index >= 15 is 0 Å². The zero-order chi connectivity index (χ0) is 18.4. The van der Waals surface area contributed by atoms with Crippen molar-refractivity contribution < 1.29 is 34.0 Å². The number of ether oxygens (including phenoxy) is 2. The minimum Gasteiger partial charge on any atom is -0.465 e. The molecule has 0 radical (unpaired) electrons. The van der Waals surface area contributed by atoms with Crippen molar-refractivity contribution in [2.45, 2.75) is 12.5 Å². The van der Waals surface area contributed by atoms with Crippen LogP contribution in [0.3, 0.4) is 0 Å². The molecule has 1 fully saturated rings. The second kappa shape index (κ2) is 8.25. The van der Waals surface area contributed by atoms with Gasteiger partial charge in [-0.3, -0.25) is 9.59 Å². The molecule has 1 saturated heterocycles. The summed E-state index contributed by atoms with van der Waals surface area (Å²) in [7, 11) is 2.42. The van der Waals surface area contributed by atoms with Crippen LogP contribution in [0.15, 0.2) is 18.2 Å². The Morgan fingerprint density at radius 1 is 1.16 bits per heavy atom. The lowest BCUT2D eigenvalue weighted by atomic mass is 10.1. The number of methoxy groups -OCH3 is 2. The molecule has 0 aromatic heterocycles. The van der Waals surface area contributed by atoms with E-state index in [1.165, 1.54) is 32.4 Å². The molecule has 1 aromatic carbocycles. The van der Waals surface area contributed by atoms with Crippen LogP contribution in [0.1, 0.15) is 27.1 Å². The average Bonchev–Trinajstić information content (AvgIpc) is 2.61. The monoisotopic (exact) mass is 350 g/mol. The first-order valence-electron chi connectivity index (χ1n) is 7.67. The van der Waals surface area contributed by atoms with Gasteiger partial charge in [-0.05, 0) is 18.2 Å². The summed E-state index contributed by atoms with van der Waals surface area (Å²) in [6, 6.07) is 3.59. The molecule has 2 rings (SSSR count). The van der Waals surface area contributed by atoms with Gasteiger partial charge in [0.25, 0.3) is 5.91 Å². The molecule has 1 aliphatic heterocycles. The highest BCUT2D eigenvalue weighted by molar-refractivity contribution is 6.00.